The number of hydrogen-bond acceptors (Lipinski definition) is 2. The molecule has 20 heavy (non-hydrogen) atoms. The van der Waals surface area contributed by atoms with E-state index >= 15 is 0 Å². The zero-order valence-electron chi connectivity index (χ0n) is 13.5. The molecule has 0 aliphatic heterocycles. The Labute approximate surface area is 123 Å². The van der Waals surface area contributed by atoms with Crippen molar-refractivity contribution < 1.29 is 4.74 Å². The molecular weight excluding hydrogens is 246 g/mol. The van der Waals surface area contributed by atoms with Crippen molar-refractivity contribution in [2.45, 2.75) is 65.5 Å². The summed E-state index contributed by atoms with van der Waals surface area (Å²) in [6.45, 7) is 11.1. The van der Waals surface area contributed by atoms with Crippen LogP contribution in [0.5, 0.6) is 5.75 Å². The molecule has 0 aromatic heterocycles. The van der Waals surface area contributed by atoms with E-state index in [1.165, 1.54) is 17.5 Å². The lowest BCUT2D eigenvalue weighted by molar-refractivity contribution is 0.0616. The molecule has 1 saturated carbocycles. The van der Waals surface area contributed by atoms with Gasteiger partial charge in [0.2, 0.25) is 0 Å². The van der Waals surface area contributed by atoms with Crippen molar-refractivity contribution in [1.29, 1.82) is 0 Å². The molecule has 112 valence electrons. The van der Waals surface area contributed by atoms with E-state index in [1.807, 2.05) is 0 Å². The van der Waals surface area contributed by atoms with Gasteiger partial charge in [0.1, 0.15) is 11.9 Å². The van der Waals surface area contributed by atoms with Gasteiger partial charge in [-0.1, -0.05) is 39.8 Å². The van der Waals surface area contributed by atoms with Crippen LogP contribution in [-0.2, 0) is 0 Å². The third-order valence-corrected chi connectivity index (χ3v) is 4.49. The van der Waals surface area contributed by atoms with Crippen molar-refractivity contribution in [3.8, 4) is 5.75 Å². The molecule has 4 unspecified atom stereocenters. The molecule has 1 fully saturated rings. The number of aryl methyl sites for hydroxylation is 1. The first-order valence-electron chi connectivity index (χ1n) is 7.91. The highest BCUT2D eigenvalue weighted by atomic mass is 16.5. The molecule has 0 saturated heterocycles. The number of nitrogens with two attached hydrogens (primary N) is 1. The topological polar surface area (TPSA) is 35.2 Å². The number of hydrogen-bond donors (Lipinski definition) is 1. The van der Waals surface area contributed by atoms with Crippen molar-refractivity contribution >= 4 is 0 Å². The second kappa shape index (κ2) is 6.17. The lowest BCUT2D eigenvalue weighted by atomic mass is 9.78. The Morgan fingerprint density at radius 3 is 2.50 bits per heavy atom. The summed E-state index contributed by atoms with van der Waals surface area (Å²) < 4.78 is 6.38. The van der Waals surface area contributed by atoms with E-state index in [1.54, 1.807) is 0 Å². The summed E-state index contributed by atoms with van der Waals surface area (Å²) in [7, 11) is 0. The summed E-state index contributed by atoms with van der Waals surface area (Å²) in [5.74, 6) is 2.73. The van der Waals surface area contributed by atoms with Gasteiger partial charge in [-0.3, -0.25) is 0 Å². The SMILES string of the molecule is Cc1ccc(C(C)C)c(OC2C(C)CC(C)CC2N)c1. The van der Waals surface area contributed by atoms with Gasteiger partial charge >= 0.3 is 0 Å². The Hall–Kier alpha value is -1.02. The van der Waals surface area contributed by atoms with Gasteiger partial charge in [0, 0.05) is 6.04 Å². The quantitative estimate of drug-likeness (QED) is 0.894. The normalized spacial score (nSPS) is 30.6. The molecule has 1 aliphatic rings. The Morgan fingerprint density at radius 1 is 1.20 bits per heavy atom. The Bertz CT molecular complexity index is 443. The molecule has 2 heteroatoms. The van der Waals surface area contributed by atoms with Crippen LogP contribution in [0.25, 0.3) is 0 Å². The summed E-state index contributed by atoms with van der Waals surface area (Å²) in [5.41, 5.74) is 8.88. The number of benzene rings is 1. The molecule has 4 atom stereocenters. The number of ether oxygens (including phenoxy) is 1. The molecule has 2 N–H and O–H groups in total. The van der Waals surface area contributed by atoms with Gasteiger partial charge in [-0.05, 0) is 54.7 Å². The molecule has 1 aromatic carbocycles. The van der Waals surface area contributed by atoms with Crippen LogP contribution in [0.15, 0.2) is 18.2 Å². The summed E-state index contributed by atoms with van der Waals surface area (Å²) >= 11 is 0. The minimum atomic E-state index is 0.144. The van der Waals surface area contributed by atoms with Crippen LogP contribution in [0, 0.1) is 18.8 Å². The van der Waals surface area contributed by atoms with E-state index < -0.39 is 0 Å². The first-order valence-corrected chi connectivity index (χ1v) is 7.91. The predicted molar refractivity (Wildman–Crippen MR) is 85.2 cm³/mol. The lowest BCUT2D eigenvalue weighted by Crippen LogP contribution is -2.48. The summed E-state index contributed by atoms with van der Waals surface area (Å²) in [6.07, 6.45) is 2.42. The smallest absolute Gasteiger partial charge is 0.123 e. The molecule has 2 rings (SSSR count). The van der Waals surface area contributed by atoms with Crippen molar-refractivity contribution in [3.05, 3.63) is 29.3 Å². The molecule has 0 bridgehead atoms. The Morgan fingerprint density at radius 2 is 1.90 bits per heavy atom. The molecular formula is C18H29NO. The summed E-state index contributed by atoms with van der Waals surface area (Å²) in [5, 5.41) is 0. The van der Waals surface area contributed by atoms with E-state index in [0.717, 1.165) is 12.2 Å². The lowest BCUT2D eigenvalue weighted by Gasteiger charge is -2.38. The monoisotopic (exact) mass is 275 g/mol. The van der Waals surface area contributed by atoms with Gasteiger partial charge in [-0.25, -0.2) is 0 Å². The fraction of sp³-hybridized carbons (Fsp3) is 0.667. The van der Waals surface area contributed by atoms with Crippen molar-refractivity contribution in [2.24, 2.45) is 17.6 Å². The van der Waals surface area contributed by atoms with Crippen LogP contribution in [0.1, 0.15) is 57.6 Å². The average Bonchev–Trinajstić information content (AvgIpc) is 2.33. The predicted octanol–water partition coefficient (Wildman–Crippen LogP) is 4.26. The molecule has 1 aromatic rings. The minimum Gasteiger partial charge on any atom is -0.488 e. The first kappa shape index (κ1) is 15.4. The van der Waals surface area contributed by atoms with Crippen LogP contribution in [0.4, 0.5) is 0 Å². The van der Waals surface area contributed by atoms with E-state index in [2.05, 4.69) is 52.8 Å². The van der Waals surface area contributed by atoms with Crippen LogP contribution < -0.4 is 10.5 Å². The van der Waals surface area contributed by atoms with E-state index in [4.69, 9.17) is 10.5 Å². The van der Waals surface area contributed by atoms with Gasteiger partial charge in [0.05, 0.1) is 0 Å². The Balaban J connectivity index is 2.22. The highest BCUT2D eigenvalue weighted by Crippen LogP contribution is 2.34. The Kier molecular flexibility index (Phi) is 4.74. The van der Waals surface area contributed by atoms with Crippen LogP contribution in [0.2, 0.25) is 0 Å². The van der Waals surface area contributed by atoms with Crippen molar-refractivity contribution in [1.82, 2.24) is 0 Å². The third-order valence-electron chi connectivity index (χ3n) is 4.49. The second-order valence-corrected chi connectivity index (χ2v) is 7.00. The van der Waals surface area contributed by atoms with Gasteiger partial charge in [0.25, 0.3) is 0 Å². The maximum atomic E-state index is 6.38. The zero-order valence-corrected chi connectivity index (χ0v) is 13.5. The fourth-order valence-corrected chi connectivity index (χ4v) is 3.46. The third kappa shape index (κ3) is 3.35. The van der Waals surface area contributed by atoms with E-state index in [-0.39, 0.29) is 12.1 Å². The van der Waals surface area contributed by atoms with Gasteiger partial charge in [-0.2, -0.15) is 0 Å². The maximum absolute atomic E-state index is 6.38. The zero-order chi connectivity index (χ0) is 14.9. The number of rotatable bonds is 3. The fourth-order valence-electron chi connectivity index (χ4n) is 3.46. The highest BCUT2D eigenvalue weighted by Gasteiger charge is 2.33. The standard InChI is InChI=1S/C18H29NO/c1-11(2)15-7-6-12(3)10-17(15)20-18-14(5)8-13(4)9-16(18)19/h6-7,10-11,13-14,16,18H,8-9,19H2,1-5H3. The summed E-state index contributed by atoms with van der Waals surface area (Å²) in [4.78, 5) is 0. The van der Waals surface area contributed by atoms with Gasteiger partial charge in [0.15, 0.2) is 0 Å². The molecule has 0 amide bonds. The van der Waals surface area contributed by atoms with Crippen LogP contribution in [-0.4, -0.2) is 12.1 Å². The largest absolute Gasteiger partial charge is 0.488 e. The van der Waals surface area contributed by atoms with E-state index in [0.29, 0.717) is 17.8 Å². The average molecular weight is 275 g/mol. The molecule has 0 heterocycles. The van der Waals surface area contributed by atoms with Crippen molar-refractivity contribution in [3.63, 3.8) is 0 Å². The van der Waals surface area contributed by atoms with E-state index in [9.17, 15) is 0 Å². The molecule has 1 aliphatic carbocycles. The van der Waals surface area contributed by atoms with Crippen LogP contribution in [0.3, 0.4) is 0 Å². The van der Waals surface area contributed by atoms with Gasteiger partial charge in [-0.15, -0.1) is 0 Å². The molecule has 0 spiro atoms. The summed E-state index contributed by atoms with van der Waals surface area (Å²) in [6, 6.07) is 6.66. The van der Waals surface area contributed by atoms with Crippen LogP contribution >= 0.6 is 0 Å². The minimum absolute atomic E-state index is 0.144. The van der Waals surface area contributed by atoms with Crippen molar-refractivity contribution in [2.75, 3.05) is 0 Å². The van der Waals surface area contributed by atoms with Gasteiger partial charge < -0.3 is 10.5 Å². The highest BCUT2D eigenvalue weighted by molar-refractivity contribution is 5.39. The molecule has 0 radical (unpaired) electrons. The first-order chi connectivity index (χ1) is 9.38. The second-order valence-electron chi connectivity index (χ2n) is 7.00. The molecule has 2 nitrogen and oxygen atoms in total. The maximum Gasteiger partial charge on any atom is 0.123 e.